The second kappa shape index (κ2) is 9.50. The number of rotatable bonds is 6. The van der Waals surface area contributed by atoms with Crippen LogP contribution in [-0.4, -0.2) is 31.1 Å². The maximum absolute atomic E-state index is 14.0. The van der Waals surface area contributed by atoms with E-state index in [0.29, 0.717) is 5.69 Å². The lowest BCUT2D eigenvalue weighted by Gasteiger charge is -2.22. The number of hydrogen-bond acceptors (Lipinski definition) is 4. The van der Waals surface area contributed by atoms with E-state index in [1.54, 1.807) is 38.1 Å². The van der Waals surface area contributed by atoms with Gasteiger partial charge in [-0.25, -0.2) is 14.0 Å². The molecule has 28 heavy (non-hydrogen) atoms. The van der Waals surface area contributed by atoms with E-state index in [4.69, 9.17) is 0 Å². The van der Waals surface area contributed by atoms with E-state index in [1.165, 1.54) is 19.2 Å². The van der Waals surface area contributed by atoms with Gasteiger partial charge in [0.1, 0.15) is 11.9 Å². The average Bonchev–Trinajstić information content (AvgIpc) is 2.67. The van der Waals surface area contributed by atoms with Gasteiger partial charge in [0.05, 0.1) is 18.4 Å². The highest BCUT2D eigenvalue weighted by atomic mass is 19.1. The van der Waals surface area contributed by atoms with E-state index in [-0.39, 0.29) is 17.2 Å². The summed E-state index contributed by atoms with van der Waals surface area (Å²) in [6.45, 7) is 3.49. The Balaban J connectivity index is 2.10. The molecule has 0 aliphatic rings. The Morgan fingerprint density at radius 2 is 1.68 bits per heavy atom. The summed E-state index contributed by atoms with van der Waals surface area (Å²) in [7, 11) is 1.20. The SMILES string of the molecule is COC(=O)c1ccc(F)c(NC(=O)[C@H](NC(=O)Nc2ccccc2)C(C)C)c1. The normalized spacial score (nSPS) is 11.5. The van der Waals surface area contributed by atoms with Gasteiger partial charge in [0.25, 0.3) is 0 Å². The summed E-state index contributed by atoms with van der Waals surface area (Å²) in [4.78, 5) is 36.4. The molecule has 3 N–H and O–H groups in total. The van der Waals surface area contributed by atoms with Crippen molar-refractivity contribution in [1.29, 1.82) is 0 Å². The van der Waals surface area contributed by atoms with Crippen LogP contribution in [0, 0.1) is 11.7 Å². The Bertz CT molecular complexity index is 856. The van der Waals surface area contributed by atoms with Crippen LogP contribution in [0.3, 0.4) is 0 Å². The molecule has 0 saturated carbocycles. The van der Waals surface area contributed by atoms with Crippen LogP contribution in [0.4, 0.5) is 20.6 Å². The Morgan fingerprint density at radius 1 is 1.00 bits per heavy atom. The first-order valence-electron chi connectivity index (χ1n) is 8.63. The number of carbonyl (C=O) groups is 3. The molecule has 0 heterocycles. The number of esters is 1. The quantitative estimate of drug-likeness (QED) is 0.662. The highest BCUT2D eigenvalue weighted by Crippen LogP contribution is 2.18. The molecule has 148 valence electrons. The Kier molecular flexibility index (Phi) is 7.08. The molecule has 0 aromatic heterocycles. The number of carbonyl (C=O) groups excluding carboxylic acids is 3. The summed E-state index contributed by atoms with van der Waals surface area (Å²) in [5.74, 6) is -2.25. The van der Waals surface area contributed by atoms with Gasteiger partial charge < -0.3 is 20.7 Å². The molecule has 7 nitrogen and oxygen atoms in total. The van der Waals surface area contributed by atoms with Gasteiger partial charge in [0.15, 0.2) is 0 Å². The minimum absolute atomic E-state index is 0.0927. The molecule has 1 atom stereocenters. The predicted molar refractivity (Wildman–Crippen MR) is 104 cm³/mol. The third-order valence-corrected chi connectivity index (χ3v) is 3.91. The van der Waals surface area contributed by atoms with Crippen LogP contribution < -0.4 is 16.0 Å². The first-order chi connectivity index (χ1) is 13.3. The Labute approximate surface area is 162 Å². The lowest BCUT2D eigenvalue weighted by Crippen LogP contribution is -2.48. The fraction of sp³-hybridized carbons (Fsp3) is 0.250. The van der Waals surface area contributed by atoms with Gasteiger partial charge in [0.2, 0.25) is 5.91 Å². The molecule has 0 bridgehead atoms. The average molecular weight is 387 g/mol. The van der Waals surface area contributed by atoms with Gasteiger partial charge in [-0.05, 0) is 36.2 Å². The molecule has 0 fully saturated rings. The van der Waals surface area contributed by atoms with Crippen LogP contribution in [0.1, 0.15) is 24.2 Å². The minimum Gasteiger partial charge on any atom is -0.465 e. The number of nitrogens with one attached hydrogen (secondary N) is 3. The number of halogens is 1. The highest BCUT2D eigenvalue weighted by molar-refractivity contribution is 6.00. The lowest BCUT2D eigenvalue weighted by atomic mass is 10.0. The minimum atomic E-state index is -0.926. The zero-order valence-corrected chi connectivity index (χ0v) is 15.8. The monoisotopic (exact) mass is 387 g/mol. The number of para-hydroxylation sites is 1. The summed E-state index contributed by atoms with van der Waals surface area (Å²) in [6, 6.07) is 10.7. The van der Waals surface area contributed by atoms with Crippen molar-refractivity contribution in [2.45, 2.75) is 19.9 Å². The molecule has 0 radical (unpaired) electrons. The number of urea groups is 1. The summed E-state index contributed by atoms with van der Waals surface area (Å²) >= 11 is 0. The van der Waals surface area contributed by atoms with E-state index in [0.717, 1.165) is 6.07 Å². The molecule has 2 aromatic rings. The highest BCUT2D eigenvalue weighted by Gasteiger charge is 2.25. The second-order valence-electron chi connectivity index (χ2n) is 6.36. The van der Waals surface area contributed by atoms with Crippen molar-refractivity contribution in [3.63, 3.8) is 0 Å². The summed E-state index contributed by atoms with van der Waals surface area (Å²) < 4.78 is 18.6. The molecule has 0 saturated heterocycles. The van der Waals surface area contributed by atoms with Crippen LogP contribution in [0.25, 0.3) is 0 Å². The Morgan fingerprint density at radius 3 is 2.29 bits per heavy atom. The maximum Gasteiger partial charge on any atom is 0.337 e. The molecule has 8 heteroatoms. The number of benzene rings is 2. The van der Waals surface area contributed by atoms with Crippen LogP contribution >= 0.6 is 0 Å². The number of anilines is 2. The van der Waals surface area contributed by atoms with E-state index < -0.39 is 29.8 Å². The fourth-order valence-electron chi connectivity index (χ4n) is 2.44. The van der Waals surface area contributed by atoms with Crippen molar-refractivity contribution in [2.24, 2.45) is 5.92 Å². The molecule has 0 aliphatic heterocycles. The first-order valence-corrected chi connectivity index (χ1v) is 8.63. The van der Waals surface area contributed by atoms with Gasteiger partial charge in [-0.2, -0.15) is 0 Å². The van der Waals surface area contributed by atoms with Crippen molar-refractivity contribution < 1.29 is 23.5 Å². The first kappa shape index (κ1) is 20.9. The fourth-order valence-corrected chi connectivity index (χ4v) is 2.44. The van der Waals surface area contributed by atoms with E-state index in [1.807, 2.05) is 6.07 Å². The van der Waals surface area contributed by atoms with E-state index in [2.05, 4.69) is 20.7 Å². The van der Waals surface area contributed by atoms with Gasteiger partial charge in [0, 0.05) is 5.69 Å². The van der Waals surface area contributed by atoms with Crippen LogP contribution in [0.5, 0.6) is 0 Å². The molecular weight excluding hydrogens is 365 g/mol. The van der Waals surface area contributed by atoms with Crippen molar-refractivity contribution in [3.8, 4) is 0 Å². The maximum atomic E-state index is 14.0. The third-order valence-electron chi connectivity index (χ3n) is 3.91. The lowest BCUT2D eigenvalue weighted by molar-refractivity contribution is -0.118. The molecular formula is C20H22FN3O4. The van der Waals surface area contributed by atoms with Gasteiger partial charge in [-0.15, -0.1) is 0 Å². The van der Waals surface area contributed by atoms with Crippen LogP contribution in [0.15, 0.2) is 48.5 Å². The van der Waals surface area contributed by atoms with Gasteiger partial charge in [-0.3, -0.25) is 4.79 Å². The zero-order chi connectivity index (χ0) is 20.7. The van der Waals surface area contributed by atoms with Crippen LogP contribution in [0.2, 0.25) is 0 Å². The van der Waals surface area contributed by atoms with Gasteiger partial charge >= 0.3 is 12.0 Å². The number of amides is 3. The molecule has 3 amide bonds. The third kappa shape index (κ3) is 5.54. The molecule has 0 unspecified atom stereocenters. The molecule has 0 aliphatic carbocycles. The topological polar surface area (TPSA) is 96.5 Å². The van der Waals surface area contributed by atoms with Crippen molar-refractivity contribution in [3.05, 3.63) is 59.9 Å². The second-order valence-corrected chi connectivity index (χ2v) is 6.36. The summed E-state index contributed by atoms with van der Waals surface area (Å²) in [5.41, 5.74) is 0.485. The van der Waals surface area contributed by atoms with Crippen molar-refractivity contribution in [2.75, 3.05) is 17.7 Å². The van der Waals surface area contributed by atoms with Crippen molar-refractivity contribution >= 4 is 29.3 Å². The molecule has 0 spiro atoms. The standard InChI is InChI=1S/C20H22FN3O4/c1-12(2)17(24-20(27)22-14-7-5-4-6-8-14)18(25)23-16-11-13(19(26)28-3)9-10-15(16)21/h4-12,17H,1-3H3,(H,23,25)(H2,22,24,27)/t17-/m1/s1. The number of hydrogen-bond donors (Lipinski definition) is 3. The van der Waals surface area contributed by atoms with E-state index in [9.17, 15) is 18.8 Å². The van der Waals surface area contributed by atoms with Crippen molar-refractivity contribution in [1.82, 2.24) is 5.32 Å². The Hall–Kier alpha value is -3.42. The molecule has 2 rings (SSSR count). The van der Waals surface area contributed by atoms with Gasteiger partial charge in [-0.1, -0.05) is 32.0 Å². The number of ether oxygens (including phenoxy) is 1. The summed E-state index contributed by atoms with van der Waals surface area (Å²) in [6.07, 6.45) is 0. The van der Waals surface area contributed by atoms with Crippen LogP contribution in [-0.2, 0) is 9.53 Å². The number of methoxy groups -OCH3 is 1. The molecule has 2 aromatic carbocycles. The zero-order valence-electron chi connectivity index (χ0n) is 15.8. The smallest absolute Gasteiger partial charge is 0.337 e. The van der Waals surface area contributed by atoms with E-state index >= 15 is 0 Å². The predicted octanol–water partition coefficient (Wildman–Crippen LogP) is 3.40. The summed E-state index contributed by atoms with van der Waals surface area (Å²) in [5, 5.41) is 7.62. The largest absolute Gasteiger partial charge is 0.465 e.